The van der Waals surface area contributed by atoms with Crippen molar-refractivity contribution in [3.63, 3.8) is 0 Å². The van der Waals surface area contributed by atoms with Crippen molar-refractivity contribution in [3.05, 3.63) is 10.1 Å². The van der Waals surface area contributed by atoms with E-state index in [0.717, 1.165) is 24.7 Å². The average Bonchev–Trinajstić information content (AvgIpc) is 2.93. The lowest BCUT2D eigenvalue weighted by molar-refractivity contribution is -0.757. The lowest BCUT2D eigenvalue weighted by Crippen LogP contribution is -2.16. The lowest BCUT2D eigenvalue weighted by atomic mass is 10.0. The molecule has 2 fully saturated rings. The SMILES string of the molecule is O=C(OCCCCO[N+](=O)[O-])C1C[C@H]2CCC[C@H]2C1. The molecule has 0 saturated heterocycles. The Morgan fingerprint density at radius 2 is 1.79 bits per heavy atom. The fourth-order valence-corrected chi connectivity index (χ4v) is 3.39. The maximum atomic E-state index is 11.9. The second kappa shape index (κ2) is 6.73. The molecule has 0 N–H and O–H groups in total. The van der Waals surface area contributed by atoms with Gasteiger partial charge in [0.1, 0.15) is 0 Å². The fourth-order valence-electron chi connectivity index (χ4n) is 3.39. The highest BCUT2D eigenvalue weighted by molar-refractivity contribution is 5.72. The van der Waals surface area contributed by atoms with Crippen LogP contribution in [0.1, 0.15) is 44.9 Å². The van der Waals surface area contributed by atoms with Crippen molar-refractivity contribution in [2.45, 2.75) is 44.9 Å². The summed E-state index contributed by atoms with van der Waals surface area (Å²) in [7, 11) is 0. The lowest BCUT2D eigenvalue weighted by Gasteiger charge is -2.10. The molecule has 2 rings (SSSR count). The van der Waals surface area contributed by atoms with Gasteiger partial charge in [0.25, 0.3) is 5.09 Å². The first-order chi connectivity index (χ1) is 9.16. The van der Waals surface area contributed by atoms with Crippen LogP contribution < -0.4 is 0 Å². The zero-order valence-electron chi connectivity index (χ0n) is 11.1. The predicted octanol–water partition coefficient (Wildman–Crippen LogP) is 2.34. The summed E-state index contributed by atoms with van der Waals surface area (Å²) in [5, 5.41) is 9.11. The van der Waals surface area contributed by atoms with E-state index in [1.807, 2.05) is 0 Å². The third kappa shape index (κ3) is 4.08. The van der Waals surface area contributed by atoms with Crippen LogP contribution in [0.25, 0.3) is 0 Å². The van der Waals surface area contributed by atoms with Gasteiger partial charge in [0, 0.05) is 0 Å². The van der Waals surface area contributed by atoms with E-state index in [1.54, 1.807) is 0 Å². The summed E-state index contributed by atoms with van der Waals surface area (Å²) in [6, 6.07) is 0. The molecule has 0 aromatic rings. The number of nitrogens with zero attached hydrogens (tertiary/aromatic N) is 1. The summed E-state index contributed by atoms with van der Waals surface area (Å²) in [4.78, 5) is 25.9. The van der Waals surface area contributed by atoms with Crippen molar-refractivity contribution in [3.8, 4) is 0 Å². The van der Waals surface area contributed by atoms with Gasteiger partial charge in [-0.05, 0) is 37.5 Å². The molecule has 108 valence electrons. The minimum atomic E-state index is -0.802. The highest BCUT2D eigenvalue weighted by atomic mass is 16.9. The maximum Gasteiger partial charge on any atom is 0.308 e. The van der Waals surface area contributed by atoms with Crippen LogP contribution in [0.5, 0.6) is 0 Å². The van der Waals surface area contributed by atoms with Crippen molar-refractivity contribution in [1.82, 2.24) is 0 Å². The molecule has 3 atom stereocenters. The molecule has 0 radical (unpaired) electrons. The van der Waals surface area contributed by atoms with Crippen molar-refractivity contribution in [1.29, 1.82) is 0 Å². The molecule has 0 aliphatic heterocycles. The summed E-state index contributed by atoms with van der Waals surface area (Å²) >= 11 is 0. The Hall–Kier alpha value is -1.33. The molecule has 0 spiro atoms. The van der Waals surface area contributed by atoms with Crippen molar-refractivity contribution < 1.29 is 19.5 Å². The highest BCUT2D eigenvalue weighted by Gasteiger charge is 2.40. The molecule has 2 aliphatic rings. The topological polar surface area (TPSA) is 78.7 Å². The van der Waals surface area contributed by atoms with Crippen LogP contribution >= 0.6 is 0 Å². The number of carbonyl (C=O) groups is 1. The second-order valence-electron chi connectivity index (χ2n) is 5.55. The molecule has 0 aromatic heterocycles. The van der Waals surface area contributed by atoms with E-state index in [9.17, 15) is 14.9 Å². The van der Waals surface area contributed by atoms with E-state index < -0.39 is 5.09 Å². The van der Waals surface area contributed by atoms with Crippen LogP contribution in [0.2, 0.25) is 0 Å². The molecule has 1 unspecified atom stereocenters. The molecular formula is C13H21NO5. The largest absolute Gasteiger partial charge is 0.465 e. The summed E-state index contributed by atoms with van der Waals surface area (Å²) in [5.41, 5.74) is 0. The maximum absolute atomic E-state index is 11.9. The first-order valence-corrected chi connectivity index (χ1v) is 7.10. The van der Waals surface area contributed by atoms with E-state index in [-0.39, 0.29) is 18.5 Å². The Morgan fingerprint density at radius 1 is 1.16 bits per heavy atom. The normalized spacial score (nSPS) is 28.9. The van der Waals surface area contributed by atoms with Gasteiger partial charge in [0.05, 0.1) is 19.1 Å². The zero-order chi connectivity index (χ0) is 13.7. The van der Waals surface area contributed by atoms with Gasteiger partial charge in [-0.3, -0.25) is 4.79 Å². The Labute approximate surface area is 112 Å². The molecule has 0 amide bonds. The van der Waals surface area contributed by atoms with Crippen LogP contribution in [-0.4, -0.2) is 24.3 Å². The van der Waals surface area contributed by atoms with E-state index in [0.29, 0.717) is 19.4 Å². The molecule has 6 nitrogen and oxygen atoms in total. The van der Waals surface area contributed by atoms with Crippen LogP contribution in [-0.2, 0) is 14.4 Å². The van der Waals surface area contributed by atoms with Gasteiger partial charge in [-0.1, -0.05) is 19.3 Å². The van der Waals surface area contributed by atoms with Gasteiger partial charge in [-0.15, -0.1) is 10.1 Å². The zero-order valence-corrected chi connectivity index (χ0v) is 11.1. The highest BCUT2D eigenvalue weighted by Crippen LogP contribution is 2.46. The van der Waals surface area contributed by atoms with Crippen LogP contribution in [0.4, 0.5) is 0 Å². The number of unbranched alkanes of at least 4 members (excludes halogenated alkanes) is 1. The first-order valence-electron chi connectivity index (χ1n) is 7.10. The van der Waals surface area contributed by atoms with Crippen molar-refractivity contribution in [2.24, 2.45) is 17.8 Å². The molecule has 6 heteroatoms. The van der Waals surface area contributed by atoms with Crippen molar-refractivity contribution >= 4 is 5.97 Å². The number of hydrogen-bond acceptors (Lipinski definition) is 5. The van der Waals surface area contributed by atoms with E-state index >= 15 is 0 Å². The molecule has 2 aliphatic carbocycles. The third-order valence-electron chi connectivity index (χ3n) is 4.30. The van der Waals surface area contributed by atoms with E-state index in [2.05, 4.69) is 4.84 Å². The van der Waals surface area contributed by atoms with Crippen LogP contribution in [0.15, 0.2) is 0 Å². The number of fused-ring (bicyclic) bond motifs is 1. The van der Waals surface area contributed by atoms with Gasteiger partial charge in [-0.2, -0.15) is 0 Å². The minimum Gasteiger partial charge on any atom is -0.465 e. The number of esters is 1. The molecule has 2 saturated carbocycles. The minimum absolute atomic E-state index is 0.0676. The number of carbonyl (C=O) groups excluding carboxylic acids is 1. The van der Waals surface area contributed by atoms with Gasteiger partial charge in [-0.25, -0.2) is 0 Å². The van der Waals surface area contributed by atoms with E-state index in [4.69, 9.17) is 4.74 Å². The first kappa shape index (κ1) is 14.1. The standard InChI is InChI=1S/C13H21NO5/c15-13(18-6-1-2-7-19-14(16)17)12-8-10-4-3-5-11(10)9-12/h10-12H,1-9H2/t10-,11+,12?. The Morgan fingerprint density at radius 3 is 2.42 bits per heavy atom. The summed E-state index contributed by atoms with van der Waals surface area (Å²) in [5.74, 6) is 1.49. The number of hydrogen-bond donors (Lipinski definition) is 0. The molecule has 19 heavy (non-hydrogen) atoms. The monoisotopic (exact) mass is 271 g/mol. The second-order valence-corrected chi connectivity index (χ2v) is 5.55. The number of ether oxygens (including phenoxy) is 1. The summed E-state index contributed by atoms with van der Waals surface area (Å²) in [6.07, 6.45) is 6.98. The molecule has 0 heterocycles. The quantitative estimate of drug-likeness (QED) is 0.307. The molecule has 0 aromatic carbocycles. The van der Waals surface area contributed by atoms with Gasteiger partial charge >= 0.3 is 5.97 Å². The summed E-state index contributed by atoms with van der Waals surface area (Å²) < 4.78 is 5.23. The van der Waals surface area contributed by atoms with E-state index in [1.165, 1.54) is 19.3 Å². The smallest absolute Gasteiger partial charge is 0.308 e. The average molecular weight is 271 g/mol. The summed E-state index contributed by atoms with van der Waals surface area (Å²) in [6.45, 7) is 0.407. The van der Waals surface area contributed by atoms with Gasteiger partial charge in [0.15, 0.2) is 0 Å². The third-order valence-corrected chi connectivity index (χ3v) is 4.30. The number of rotatable bonds is 7. The molecule has 0 bridgehead atoms. The van der Waals surface area contributed by atoms with Gasteiger partial charge < -0.3 is 9.57 Å². The molecular weight excluding hydrogens is 250 g/mol. The van der Waals surface area contributed by atoms with Crippen LogP contribution in [0.3, 0.4) is 0 Å². The Kier molecular flexibility index (Phi) is 4.99. The van der Waals surface area contributed by atoms with Crippen molar-refractivity contribution in [2.75, 3.05) is 13.2 Å². The Balaban J connectivity index is 1.54. The Bertz CT molecular complexity index is 321. The predicted molar refractivity (Wildman–Crippen MR) is 66.7 cm³/mol. The van der Waals surface area contributed by atoms with Crippen LogP contribution in [0, 0.1) is 27.9 Å². The fraction of sp³-hybridized carbons (Fsp3) is 0.923. The van der Waals surface area contributed by atoms with Gasteiger partial charge in [0.2, 0.25) is 0 Å².